The van der Waals surface area contributed by atoms with Crippen molar-refractivity contribution in [3.63, 3.8) is 0 Å². The van der Waals surface area contributed by atoms with E-state index in [1.54, 1.807) is 0 Å². The molecule has 1 aliphatic heterocycles. The number of nitrogens with zero attached hydrogens (tertiary/aromatic N) is 2. The van der Waals surface area contributed by atoms with E-state index in [0.717, 1.165) is 44.5 Å². The predicted octanol–water partition coefficient (Wildman–Crippen LogP) is 2.62. The van der Waals surface area contributed by atoms with Gasteiger partial charge in [0.25, 0.3) is 0 Å². The molecule has 0 spiro atoms. The van der Waals surface area contributed by atoms with Gasteiger partial charge >= 0.3 is 5.97 Å². The fourth-order valence-electron chi connectivity index (χ4n) is 2.93. The lowest BCUT2D eigenvalue weighted by molar-refractivity contribution is -0.138. The minimum atomic E-state index is -0.773. The van der Waals surface area contributed by atoms with E-state index in [-0.39, 0.29) is 24.8 Å². The van der Waals surface area contributed by atoms with Crippen molar-refractivity contribution in [1.29, 1.82) is 0 Å². The van der Waals surface area contributed by atoms with Crippen molar-refractivity contribution in [1.82, 2.24) is 9.80 Å². The number of likely N-dealkylation sites (tertiary alicyclic amines) is 1. The van der Waals surface area contributed by atoms with Gasteiger partial charge in [0.1, 0.15) is 5.82 Å². The van der Waals surface area contributed by atoms with Crippen LogP contribution in [-0.4, -0.2) is 53.6 Å². The van der Waals surface area contributed by atoms with Crippen LogP contribution < -0.4 is 0 Å². The van der Waals surface area contributed by atoms with E-state index in [4.69, 9.17) is 5.11 Å². The molecular formula is C16H24ClFN2O2. The number of likely N-dealkylation sites (N-methyl/N-ethyl adjacent to an activating group) is 1. The van der Waals surface area contributed by atoms with Crippen LogP contribution in [0.4, 0.5) is 4.39 Å². The molecule has 0 saturated carbocycles. The van der Waals surface area contributed by atoms with Crippen LogP contribution in [-0.2, 0) is 11.3 Å². The summed E-state index contributed by atoms with van der Waals surface area (Å²) in [6, 6.07) is 6.98. The predicted molar refractivity (Wildman–Crippen MR) is 86.8 cm³/mol. The number of carboxylic acids is 1. The Bertz CT molecular complexity index is 470. The summed E-state index contributed by atoms with van der Waals surface area (Å²) in [6.45, 7) is 2.89. The number of carboxylic acid groups (broad SMARTS) is 1. The van der Waals surface area contributed by atoms with Gasteiger partial charge in [-0.15, -0.1) is 12.4 Å². The molecule has 124 valence electrons. The molecule has 1 aromatic carbocycles. The fraction of sp³-hybridized carbons (Fsp3) is 0.562. The van der Waals surface area contributed by atoms with E-state index >= 15 is 0 Å². The maximum absolute atomic E-state index is 12.9. The number of carbonyl (C=O) groups is 1. The third-order valence-corrected chi connectivity index (χ3v) is 4.12. The van der Waals surface area contributed by atoms with Gasteiger partial charge < -0.3 is 5.11 Å². The molecule has 1 heterocycles. The molecule has 1 N–H and O–H groups in total. The summed E-state index contributed by atoms with van der Waals surface area (Å²) in [5.74, 6) is -0.977. The smallest absolute Gasteiger partial charge is 0.317 e. The molecule has 6 heteroatoms. The highest BCUT2D eigenvalue weighted by Crippen LogP contribution is 2.17. The maximum Gasteiger partial charge on any atom is 0.317 e. The summed E-state index contributed by atoms with van der Waals surface area (Å²) in [5.41, 5.74) is 1.12. The van der Waals surface area contributed by atoms with Gasteiger partial charge in [-0.05, 0) is 57.1 Å². The first-order valence-electron chi connectivity index (χ1n) is 7.43. The molecule has 0 aromatic heterocycles. The minimum Gasteiger partial charge on any atom is -0.480 e. The van der Waals surface area contributed by atoms with Crippen LogP contribution in [0, 0.1) is 5.82 Å². The van der Waals surface area contributed by atoms with Gasteiger partial charge in [0.15, 0.2) is 0 Å². The molecule has 1 atom stereocenters. The van der Waals surface area contributed by atoms with Crippen molar-refractivity contribution >= 4 is 18.4 Å². The zero-order valence-corrected chi connectivity index (χ0v) is 13.7. The molecule has 1 aliphatic rings. The molecule has 1 saturated heterocycles. The van der Waals surface area contributed by atoms with E-state index in [2.05, 4.69) is 4.90 Å². The van der Waals surface area contributed by atoms with Gasteiger partial charge in [-0.2, -0.15) is 0 Å². The first-order valence-corrected chi connectivity index (χ1v) is 7.43. The van der Waals surface area contributed by atoms with Gasteiger partial charge in [-0.1, -0.05) is 12.1 Å². The highest BCUT2D eigenvalue weighted by atomic mass is 35.5. The third-order valence-electron chi connectivity index (χ3n) is 4.12. The summed E-state index contributed by atoms with van der Waals surface area (Å²) < 4.78 is 12.9. The number of hydrogen-bond acceptors (Lipinski definition) is 3. The van der Waals surface area contributed by atoms with Crippen LogP contribution in [0.3, 0.4) is 0 Å². The van der Waals surface area contributed by atoms with Crippen molar-refractivity contribution in [3.8, 4) is 0 Å². The van der Waals surface area contributed by atoms with Crippen molar-refractivity contribution in [2.24, 2.45) is 0 Å². The van der Waals surface area contributed by atoms with E-state index in [0.29, 0.717) is 6.04 Å². The van der Waals surface area contributed by atoms with Gasteiger partial charge in [0, 0.05) is 12.6 Å². The topological polar surface area (TPSA) is 43.8 Å². The summed E-state index contributed by atoms with van der Waals surface area (Å²) in [4.78, 5) is 15.1. The van der Waals surface area contributed by atoms with Crippen LogP contribution in [0.1, 0.15) is 24.8 Å². The van der Waals surface area contributed by atoms with Crippen molar-refractivity contribution < 1.29 is 14.3 Å². The largest absolute Gasteiger partial charge is 0.480 e. The first kappa shape index (κ1) is 18.9. The number of benzene rings is 1. The monoisotopic (exact) mass is 330 g/mol. The second-order valence-corrected chi connectivity index (χ2v) is 5.80. The Morgan fingerprint density at radius 2 is 2.00 bits per heavy atom. The summed E-state index contributed by atoms with van der Waals surface area (Å²) in [5, 5.41) is 8.87. The average Bonchev–Trinajstić information content (AvgIpc) is 2.66. The Balaban J connectivity index is 0.00000242. The molecule has 4 nitrogen and oxygen atoms in total. The maximum atomic E-state index is 12.9. The quantitative estimate of drug-likeness (QED) is 0.901. The van der Waals surface area contributed by atoms with Crippen molar-refractivity contribution in [3.05, 3.63) is 35.6 Å². The summed E-state index contributed by atoms with van der Waals surface area (Å²) in [6.07, 6.45) is 3.07. The average molecular weight is 331 g/mol. The SMILES string of the molecule is CN(CC(=O)O)C1CCCN(Cc2ccc(F)cc2)CC1.Cl. The number of rotatable bonds is 5. The lowest BCUT2D eigenvalue weighted by Gasteiger charge is -2.25. The van der Waals surface area contributed by atoms with E-state index in [9.17, 15) is 9.18 Å². The Labute approximate surface area is 137 Å². The molecular weight excluding hydrogens is 307 g/mol. The Morgan fingerprint density at radius 3 is 2.64 bits per heavy atom. The van der Waals surface area contributed by atoms with Gasteiger partial charge in [0.05, 0.1) is 6.54 Å². The Hall–Kier alpha value is -1.17. The molecule has 1 aromatic rings. The number of hydrogen-bond donors (Lipinski definition) is 1. The third kappa shape index (κ3) is 5.91. The zero-order valence-electron chi connectivity index (χ0n) is 12.9. The standard InChI is InChI=1S/C16H23FN2O2.ClH/c1-18(12-16(20)21)15-3-2-9-19(10-8-15)11-13-4-6-14(17)7-5-13;/h4-7,15H,2-3,8-12H2,1H3,(H,20,21);1H. The van der Waals surface area contributed by atoms with Crippen LogP contribution in [0.25, 0.3) is 0 Å². The van der Waals surface area contributed by atoms with Gasteiger partial charge in [0.2, 0.25) is 0 Å². The molecule has 1 fully saturated rings. The van der Waals surface area contributed by atoms with Crippen molar-refractivity contribution in [2.75, 3.05) is 26.7 Å². The van der Waals surface area contributed by atoms with Crippen LogP contribution >= 0.6 is 12.4 Å². The lowest BCUT2D eigenvalue weighted by atomic mass is 10.1. The van der Waals surface area contributed by atoms with E-state index in [1.807, 2.05) is 24.1 Å². The van der Waals surface area contributed by atoms with Crippen molar-refractivity contribution in [2.45, 2.75) is 31.8 Å². The lowest BCUT2D eigenvalue weighted by Crippen LogP contribution is -2.36. The molecule has 0 radical (unpaired) electrons. The molecule has 1 unspecified atom stereocenters. The molecule has 2 rings (SSSR count). The van der Waals surface area contributed by atoms with Crippen LogP contribution in [0.15, 0.2) is 24.3 Å². The zero-order chi connectivity index (χ0) is 15.2. The normalized spacial score (nSPS) is 19.5. The first-order chi connectivity index (χ1) is 10.0. The Kier molecular flexibility index (Phi) is 7.79. The Morgan fingerprint density at radius 1 is 1.32 bits per heavy atom. The second kappa shape index (κ2) is 9.08. The van der Waals surface area contributed by atoms with E-state index in [1.165, 1.54) is 12.1 Å². The number of halogens is 2. The van der Waals surface area contributed by atoms with Crippen LogP contribution in [0.2, 0.25) is 0 Å². The summed E-state index contributed by atoms with van der Waals surface area (Å²) >= 11 is 0. The molecule has 0 aliphatic carbocycles. The number of aliphatic carboxylic acids is 1. The van der Waals surface area contributed by atoms with E-state index < -0.39 is 5.97 Å². The van der Waals surface area contributed by atoms with Gasteiger partial charge in [-0.25, -0.2) is 4.39 Å². The molecule has 0 bridgehead atoms. The highest BCUT2D eigenvalue weighted by Gasteiger charge is 2.21. The fourth-order valence-corrected chi connectivity index (χ4v) is 2.93. The second-order valence-electron chi connectivity index (χ2n) is 5.80. The highest BCUT2D eigenvalue weighted by molar-refractivity contribution is 5.85. The van der Waals surface area contributed by atoms with Crippen LogP contribution in [0.5, 0.6) is 0 Å². The minimum absolute atomic E-state index is 0. The summed E-state index contributed by atoms with van der Waals surface area (Å²) in [7, 11) is 1.88. The molecule has 22 heavy (non-hydrogen) atoms. The molecule has 0 amide bonds. The van der Waals surface area contributed by atoms with Gasteiger partial charge in [-0.3, -0.25) is 14.6 Å².